The molecule has 0 saturated carbocycles. The van der Waals surface area contributed by atoms with Gasteiger partial charge >= 0.3 is 11.9 Å². The van der Waals surface area contributed by atoms with Gasteiger partial charge in [0, 0.05) is 0 Å². The molecule has 20 heavy (non-hydrogen) atoms. The van der Waals surface area contributed by atoms with Crippen LogP contribution >= 0.6 is 0 Å². The summed E-state index contributed by atoms with van der Waals surface area (Å²) in [7, 11) is 2.61. The number of rotatable bonds is 5. The summed E-state index contributed by atoms with van der Waals surface area (Å²) in [5.41, 5.74) is 5.66. The third-order valence-corrected chi connectivity index (χ3v) is 2.76. The predicted molar refractivity (Wildman–Crippen MR) is 73.5 cm³/mol. The Morgan fingerprint density at radius 2 is 1.85 bits per heavy atom. The van der Waals surface area contributed by atoms with Gasteiger partial charge in [-0.05, 0) is 32.0 Å². The molecule has 6 heteroatoms. The van der Waals surface area contributed by atoms with Gasteiger partial charge in [-0.1, -0.05) is 0 Å². The molecule has 0 aliphatic heterocycles. The van der Waals surface area contributed by atoms with Crippen molar-refractivity contribution in [2.75, 3.05) is 26.6 Å². The zero-order chi connectivity index (χ0) is 15.3. The van der Waals surface area contributed by atoms with E-state index in [1.54, 1.807) is 26.0 Å². The summed E-state index contributed by atoms with van der Waals surface area (Å²) in [6, 6.07) is 4.57. The van der Waals surface area contributed by atoms with Crippen LogP contribution in [0.3, 0.4) is 0 Å². The first-order valence-corrected chi connectivity index (χ1v) is 6.01. The van der Waals surface area contributed by atoms with E-state index in [9.17, 15) is 9.59 Å². The monoisotopic (exact) mass is 281 g/mol. The second kappa shape index (κ2) is 6.27. The molecule has 1 aromatic carbocycles. The standard InChI is InChI=1S/C14H19NO5/c1-14(2,13(17)19-4)8-20-11-7-9(12(16)18-3)5-6-10(11)15/h5-7H,8,15H2,1-4H3. The highest BCUT2D eigenvalue weighted by Crippen LogP contribution is 2.26. The minimum Gasteiger partial charge on any atom is -0.490 e. The normalized spacial score (nSPS) is 10.8. The zero-order valence-electron chi connectivity index (χ0n) is 12.1. The number of nitrogen functional groups attached to an aromatic ring is 1. The van der Waals surface area contributed by atoms with Crippen LogP contribution < -0.4 is 10.5 Å². The van der Waals surface area contributed by atoms with Crippen LogP contribution in [0.4, 0.5) is 5.69 Å². The van der Waals surface area contributed by atoms with E-state index in [0.717, 1.165) is 0 Å². The molecule has 0 atom stereocenters. The molecular formula is C14H19NO5. The van der Waals surface area contributed by atoms with Gasteiger partial charge in [-0.2, -0.15) is 0 Å². The van der Waals surface area contributed by atoms with Gasteiger partial charge < -0.3 is 19.9 Å². The Labute approximate surface area is 117 Å². The average Bonchev–Trinajstić information content (AvgIpc) is 2.44. The van der Waals surface area contributed by atoms with E-state index < -0.39 is 11.4 Å². The Bertz CT molecular complexity index is 510. The lowest BCUT2D eigenvalue weighted by Gasteiger charge is -2.22. The molecule has 6 nitrogen and oxygen atoms in total. The Morgan fingerprint density at radius 1 is 1.20 bits per heavy atom. The number of ether oxygens (including phenoxy) is 3. The first-order chi connectivity index (χ1) is 9.31. The summed E-state index contributed by atoms with van der Waals surface area (Å²) in [5, 5.41) is 0. The zero-order valence-corrected chi connectivity index (χ0v) is 12.1. The number of carbonyl (C=O) groups excluding carboxylic acids is 2. The molecule has 0 saturated heterocycles. The predicted octanol–water partition coefficient (Wildman–Crippen LogP) is 1.63. The smallest absolute Gasteiger partial charge is 0.337 e. The van der Waals surface area contributed by atoms with Gasteiger partial charge in [-0.3, -0.25) is 4.79 Å². The van der Waals surface area contributed by atoms with E-state index in [4.69, 9.17) is 10.5 Å². The van der Waals surface area contributed by atoms with Crippen molar-refractivity contribution < 1.29 is 23.8 Å². The largest absolute Gasteiger partial charge is 0.490 e. The van der Waals surface area contributed by atoms with Crippen molar-refractivity contribution in [1.82, 2.24) is 0 Å². The van der Waals surface area contributed by atoms with Crippen LogP contribution in [0.25, 0.3) is 0 Å². The van der Waals surface area contributed by atoms with E-state index >= 15 is 0 Å². The first-order valence-electron chi connectivity index (χ1n) is 6.01. The van der Waals surface area contributed by atoms with Crippen molar-refractivity contribution in [3.63, 3.8) is 0 Å². The van der Waals surface area contributed by atoms with Crippen molar-refractivity contribution in [3.05, 3.63) is 23.8 Å². The molecule has 0 aliphatic rings. The Hall–Kier alpha value is -2.24. The molecule has 0 heterocycles. The molecule has 0 aromatic heterocycles. The number of hydrogen-bond donors (Lipinski definition) is 1. The van der Waals surface area contributed by atoms with Gasteiger partial charge in [0.1, 0.15) is 12.4 Å². The van der Waals surface area contributed by atoms with Crippen molar-refractivity contribution >= 4 is 17.6 Å². The van der Waals surface area contributed by atoms with Crippen molar-refractivity contribution in [2.45, 2.75) is 13.8 Å². The average molecular weight is 281 g/mol. The highest BCUT2D eigenvalue weighted by molar-refractivity contribution is 5.90. The van der Waals surface area contributed by atoms with Crippen LogP contribution in [0.1, 0.15) is 24.2 Å². The summed E-state index contributed by atoms with van der Waals surface area (Å²) >= 11 is 0. The van der Waals surface area contributed by atoms with Crippen LogP contribution in [0.2, 0.25) is 0 Å². The highest BCUT2D eigenvalue weighted by Gasteiger charge is 2.30. The fourth-order valence-corrected chi connectivity index (χ4v) is 1.50. The molecule has 0 spiro atoms. The van der Waals surface area contributed by atoms with Gasteiger partial charge in [0.15, 0.2) is 0 Å². The lowest BCUT2D eigenvalue weighted by atomic mass is 9.95. The Kier molecular flexibility index (Phi) is 4.96. The van der Waals surface area contributed by atoms with E-state index in [1.165, 1.54) is 20.3 Å². The van der Waals surface area contributed by atoms with Gasteiger partial charge in [0.05, 0.1) is 30.9 Å². The number of carbonyl (C=O) groups is 2. The van der Waals surface area contributed by atoms with Crippen molar-refractivity contribution in [2.24, 2.45) is 5.41 Å². The summed E-state index contributed by atoms with van der Waals surface area (Å²) in [4.78, 5) is 23.0. The van der Waals surface area contributed by atoms with E-state index in [0.29, 0.717) is 17.0 Å². The molecule has 0 bridgehead atoms. The molecule has 110 valence electrons. The van der Waals surface area contributed by atoms with Gasteiger partial charge in [-0.25, -0.2) is 4.79 Å². The number of esters is 2. The molecular weight excluding hydrogens is 262 g/mol. The number of benzene rings is 1. The number of nitrogens with two attached hydrogens (primary N) is 1. The lowest BCUT2D eigenvalue weighted by Crippen LogP contribution is -2.32. The molecule has 2 N–H and O–H groups in total. The molecule has 0 amide bonds. The van der Waals surface area contributed by atoms with Crippen molar-refractivity contribution in [1.29, 1.82) is 0 Å². The minimum absolute atomic E-state index is 0.0779. The van der Waals surface area contributed by atoms with E-state index in [-0.39, 0.29) is 12.6 Å². The van der Waals surface area contributed by atoms with E-state index in [2.05, 4.69) is 9.47 Å². The molecule has 0 radical (unpaired) electrons. The summed E-state index contributed by atoms with van der Waals surface area (Å²) in [6.45, 7) is 3.47. The van der Waals surface area contributed by atoms with Gasteiger partial charge in [0.25, 0.3) is 0 Å². The van der Waals surface area contributed by atoms with Gasteiger partial charge in [-0.15, -0.1) is 0 Å². The maximum absolute atomic E-state index is 11.6. The summed E-state index contributed by atoms with van der Waals surface area (Å²) in [6.07, 6.45) is 0. The Morgan fingerprint density at radius 3 is 2.40 bits per heavy atom. The summed E-state index contributed by atoms with van der Waals surface area (Å²) < 4.78 is 14.8. The third-order valence-electron chi connectivity index (χ3n) is 2.76. The van der Waals surface area contributed by atoms with Crippen molar-refractivity contribution in [3.8, 4) is 5.75 Å². The number of anilines is 1. The van der Waals surface area contributed by atoms with E-state index in [1.807, 2.05) is 0 Å². The number of hydrogen-bond acceptors (Lipinski definition) is 6. The quantitative estimate of drug-likeness (QED) is 0.652. The lowest BCUT2D eigenvalue weighted by molar-refractivity contribution is -0.152. The van der Waals surface area contributed by atoms with Crippen LogP contribution in [-0.4, -0.2) is 32.8 Å². The highest BCUT2D eigenvalue weighted by atomic mass is 16.5. The maximum Gasteiger partial charge on any atom is 0.337 e. The molecule has 0 aliphatic carbocycles. The van der Waals surface area contributed by atoms with Crippen LogP contribution in [-0.2, 0) is 14.3 Å². The summed E-state index contributed by atoms with van der Waals surface area (Å²) in [5.74, 6) is -0.549. The minimum atomic E-state index is -0.817. The van der Waals surface area contributed by atoms with Crippen LogP contribution in [0, 0.1) is 5.41 Å². The molecule has 0 unspecified atom stereocenters. The topological polar surface area (TPSA) is 87.9 Å². The SMILES string of the molecule is COC(=O)c1ccc(N)c(OCC(C)(C)C(=O)OC)c1. The fraction of sp³-hybridized carbons (Fsp3) is 0.429. The third kappa shape index (κ3) is 3.63. The molecule has 1 rings (SSSR count). The Balaban J connectivity index is 2.87. The first kappa shape index (κ1) is 15.8. The van der Waals surface area contributed by atoms with Crippen LogP contribution in [0.15, 0.2) is 18.2 Å². The van der Waals surface area contributed by atoms with Gasteiger partial charge in [0.2, 0.25) is 0 Å². The second-order valence-corrected chi connectivity index (χ2v) is 4.91. The van der Waals surface area contributed by atoms with Crippen LogP contribution in [0.5, 0.6) is 5.75 Å². The fourth-order valence-electron chi connectivity index (χ4n) is 1.50. The number of methoxy groups -OCH3 is 2. The molecule has 0 fully saturated rings. The second-order valence-electron chi connectivity index (χ2n) is 4.91. The maximum atomic E-state index is 11.6. The molecule has 1 aromatic rings.